The van der Waals surface area contributed by atoms with Gasteiger partial charge in [-0.15, -0.1) is 0 Å². The molecule has 0 bridgehead atoms. The summed E-state index contributed by atoms with van der Waals surface area (Å²) in [6.07, 6.45) is 0.108. The lowest BCUT2D eigenvalue weighted by Crippen LogP contribution is -2.47. The van der Waals surface area contributed by atoms with E-state index in [9.17, 15) is 4.79 Å². The third-order valence-electron chi connectivity index (χ3n) is 1.83. The van der Waals surface area contributed by atoms with Gasteiger partial charge in [0.2, 0.25) is 0 Å². The molecule has 0 radical (unpaired) electrons. The fourth-order valence-corrected chi connectivity index (χ4v) is 1.18. The van der Waals surface area contributed by atoms with Crippen LogP contribution >= 0.6 is 0 Å². The van der Waals surface area contributed by atoms with E-state index in [1.54, 1.807) is 0 Å². The lowest BCUT2D eigenvalue weighted by Gasteiger charge is -2.23. The maximum Gasteiger partial charge on any atom is 0.314 e. The van der Waals surface area contributed by atoms with Crippen LogP contribution in [-0.4, -0.2) is 44.9 Å². The summed E-state index contributed by atoms with van der Waals surface area (Å²) in [5.74, 6) is 0. The molecule has 0 aromatic rings. The molecule has 2 amide bonds. The van der Waals surface area contributed by atoms with Crippen molar-refractivity contribution in [3.8, 4) is 0 Å². The van der Waals surface area contributed by atoms with E-state index >= 15 is 0 Å². The topological polar surface area (TPSA) is 62.4 Å². The average Bonchev–Trinajstić information content (AvgIpc) is 2.17. The van der Waals surface area contributed by atoms with Crippen LogP contribution in [0.2, 0.25) is 0 Å². The highest BCUT2D eigenvalue weighted by Gasteiger charge is 2.13. The van der Waals surface area contributed by atoms with Crippen LogP contribution in [0.3, 0.4) is 0 Å². The van der Waals surface area contributed by atoms with Crippen LogP contribution in [0, 0.1) is 0 Å². The number of hydrogen-bond donors (Lipinski definition) is 3. The number of morpholine rings is 1. The van der Waals surface area contributed by atoms with Gasteiger partial charge in [-0.1, -0.05) is 0 Å². The van der Waals surface area contributed by atoms with Crippen molar-refractivity contribution in [3.05, 3.63) is 0 Å². The molecule has 1 unspecified atom stereocenters. The molecule has 1 heterocycles. The molecule has 1 rings (SSSR count). The standard InChI is InChI=1S/C8H17N3O2/c1-2-10-8(12)11-6-7-5-9-3-4-13-7/h7,9H,2-6H2,1H3,(H2,10,11,12). The van der Waals surface area contributed by atoms with Crippen molar-refractivity contribution < 1.29 is 9.53 Å². The highest BCUT2D eigenvalue weighted by atomic mass is 16.5. The maximum absolute atomic E-state index is 11.0. The molecule has 1 aliphatic heterocycles. The number of carbonyl (C=O) groups is 1. The van der Waals surface area contributed by atoms with E-state index < -0.39 is 0 Å². The first kappa shape index (κ1) is 10.3. The number of carbonyl (C=O) groups excluding carboxylic acids is 1. The van der Waals surface area contributed by atoms with E-state index in [2.05, 4.69) is 16.0 Å². The lowest BCUT2D eigenvalue weighted by atomic mass is 10.3. The van der Waals surface area contributed by atoms with Crippen molar-refractivity contribution in [1.82, 2.24) is 16.0 Å². The molecular weight excluding hydrogens is 170 g/mol. The first-order chi connectivity index (χ1) is 6.33. The van der Waals surface area contributed by atoms with Gasteiger partial charge in [-0.3, -0.25) is 0 Å². The molecule has 0 aliphatic carbocycles. The highest BCUT2D eigenvalue weighted by molar-refractivity contribution is 5.73. The zero-order chi connectivity index (χ0) is 9.52. The van der Waals surface area contributed by atoms with Crippen LogP contribution in [0.5, 0.6) is 0 Å². The predicted molar refractivity (Wildman–Crippen MR) is 49.7 cm³/mol. The first-order valence-corrected chi connectivity index (χ1v) is 4.67. The number of nitrogens with one attached hydrogen (secondary N) is 3. The molecule has 1 aliphatic rings. The first-order valence-electron chi connectivity index (χ1n) is 4.67. The van der Waals surface area contributed by atoms with Gasteiger partial charge < -0.3 is 20.7 Å². The van der Waals surface area contributed by atoms with Crippen LogP contribution in [0.4, 0.5) is 4.79 Å². The summed E-state index contributed by atoms with van der Waals surface area (Å²) in [6.45, 7) is 5.54. The number of rotatable bonds is 3. The molecule has 1 fully saturated rings. The summed E-state index contributed by atoms with van der Waals surface area (Å²) in [7, 11) is 0. The Hall–Kier alpha value is -0.810. The summed E-state index contributed by atoms with van der Waals surface area (Å²) in [4.78, 5) is 11.0. The zero-order valence-corrected chi connectivity index (χ0v) is 7.93. The Balaban J connectivity index is 2.06. The molecule has 0 spiro atoms. The molecular formula is C8H17N3O2. The molecule has 3 N–H and O–H groups in total. The summed E-state index contributed by atoms with van der Waals surface area (Å²) in [6, 6.07) is -0.128. The van der Waals surface area contributed by atoms with Gasteiger partial charge in [0, 0.05) is 26.2 Å². The molecule has 0 aromatic carbocycles. The van der Waals surface area contributed by atoms with E-state index in [1.165, 1.54) is 0 Å². The monoisotopic (exact) mass is 187 g/mol. The normalized spacial score (nSPS) is 22.4. The molecule has 0 saturated carbocycles. The highest BCUT2D eigenvalue weighted by Crippen LogP contribution is 1.93. The van der Waals surface area contributed by atoms with Gasteiger partial charge >= 0.3 is 6.03 Å². The van der Waals surface area contributed by atoms with Crippen LogP contribution < -0.4 is 16.0 Å². The van der Waals surface area contributed by atoms with Crippen molar-refractivity contribution in [2.75, 3.05) is 32.8 Å². The second-order valence-corrected chi connectivity index (χ2v) is 2.94. The molecule has 1 saturated heterocycles. The van der Waals surface area contributed by atoms with Crippen molar-refractivity contribution in [1.29, 1.82) is 0 Å². The smallest absolute Gasteiger partial charge is 0.314 e. The fourth-order valence-electron chi connectivity index (χ4n) is 1.18. The van der Waals surface area contributed by atoms with E-state index in [0.717, 1.165) is 19.7 Å². The van der Waals surface area contributed by atoms with Crippen LogP contribution in [-0.2, 0) is 4.74 Å². The second kappa shape index (κ2) is 5.77. The lowest BCUT2D eigenvalue weighted by molar-refractivity contribution is 0.0307. The van der Waals surface area contributed by atoms with E-state index in [0.29, 0.717) is 13.1 Å². The summed E-state index contributed by atoms with van der Waals surface area (Å²) < 4.78 is 5.40. The van der Waals surface area contributed by atoms with Gasteiger partial charge in [-0.25, -0.2) is 4.79 Å². The third kappa shape index (κ3) is 4.10. The number of amides is 2. The Bertz CT molecular complexity index is 157. The predicted octanol–water partition coefficient (Wildman–Crippen LogP) is -0.706. The van der Waals surface area contributed by atoms with Crippen molar-refractivity contribution in [2.45, 2.75) is 13.0 Å². The van der Waals surface area contributed by atoms with Crippen molar-refractivity contribution >= 4 is 6.03 Å². The molecule has 0 aromatic heterocycles. The Morgan fingerprint density at radius 2 is 2.46 bits per heavy atom. The van der Waals surface area contributed by atoms with Gasteiger partial charge in [0.05, 0.1) is 12.7 Å². The van der Waals surface area contributed by atoms with E-state index in [-0.39, 0.29) is 12.1 Å². The fraction of sp³-hybridized carbons (Fsp3) is 0.875. The second-order valence-electron chi connectivity index (χ2n) is 2.94. The molecule has 1 atom stereocenters. The Morgan fingerprint density at radius 3 is 3.08 bits per heavy atom. The van der Waals surface area contributed by atoms with Crippen LogP contribution in [0.15, 0.2) is 0 Å². The Morgan fingerprint density at radius 1 is 1.62 bits per heavy atom. The van der Waals surface area contributed by atoms with Crippen molar-refractivity contribution in [2.24, 2.45) is 0 Å². The third-order valence-corrected chi connectivity index (χ3v) is 1.83. The average molecular weight is 187 g/mol. The number of ether oxygens (including phenoxy) is 1. The maximum atomic E-state index is 11.0. The molecule has 76 valence electrons. The van der Waals surface area contributed by atoms with Gasteiger partial charge in [0.1, 0.15) is 0 Å². The zero-order valence-electron chi connectivity index (χ0n) is 7.93. The Labute approximate surface area is 78.2 Å². The van der Waals surface area contributed by atoms with Gasteiger partial charge in [0.25, 0.3) is 0 Å². The SMILES string of the molecule is CCNC(=O)NCC1CNCCO1. The van der Waals surface area contributed by atoms with Gasteiger partial charge in [-0.05, 0) is 6.92 Å². The summed E-state index contributed by atoms with van der Waals surface area (Å²) in [5, 5.41) is 8.59. The van der Waals surface area contributed by atoms with Gasteiger partial charge in [-0.2, -0.15) is 0 Å². The molecule has 5 heteroatoms. The summed E-state index contributed by atoms with van der Waals surface area (Å²) in [5.41, 5.74) is 0. The minimum atomic E-state index is -0.128. The van der Waals surface area contributed by atoms with Gasteiger partial charge in [0.15, 0.2) is 0 Å². The summed E-state index contributed by atoms with van der Waals surface area (Å²) >= 11 is 0. The number of urea groups is 1. The quantitative estimate of drug-likeness (QED) is 0.547. The Kier molecular flexibility index (Phi) is 4.56. The minimum Gasteiger partial charge on any atom is -0.374 e. The largest absolute Gasteiger partial charge is 0.374 e. The molecule has 5 nitrogen and oxygen atoms in total. The van der Waals surface area contributed by atoms with Crippen LogP contribution in [0.25, 0.3) is 0 Å². The van der Waals surface area contributed by atoms with E-state index in [1.807, 2.05) is 6.92 Å². The van der Waals surface area contributed by atoms with E-state index in [4.69, 9.17) is 4.74 Å². The number of hydrogen-bond acceptors (Lipinski definition) is 3. The van der Waals surface area contributed by atoms with Crippen LogP contribution in [0.1, 0.15) is 6.92 Å². The molecule has 13 heavy (non-hydrogen) atoms. The van der Waals surface area contributed by atoms with Crippen molar-refractivity contribution in [3.63, 3.8) is 0 Å². The minimum absolute atomic E-state index is 0.108.